The van der Waals surface area contributed by atoms with Crippen LogP contribution in [-0.4, -0.2) is 26.1 Å². The van der Waals surface area contributed by atoms with Crippen LogP contribution in [0.4, 0.5) is 10.8 Å². The second-order valence-corrected chi connectivity index (χ2v) is 8.50. The highest BCUT2D eigenvalue weighted by Crippen LogP contribution is 2.35. The van der Waals surface area contributed by atoms with Crippen molar-refractivity contribution in [1.82, 2.24) is 14.8 Å². The zero-order valence-corrected chi connectivity index (χ0v) is 17.0. The van der Waals surface area contributed by atoms with Crippen molar-refractivity contribution in [2.24, 2.45) is 9.98 Å². The fraction of sp³-hybridized carbons (Fsp3) is 0.0476. The lowest BCUT2D eigenvalue weighted by Crippen LogP contribution is -2.11. The minimum atomic E-state index is 0.131. The molecule has 2 aromatic carbocycles. The molecule has 4 aromatic rings. The number of aromatic nitrogens is 3. The van der Waals surface area contributed by atoms with Crippen molar-refractivity contribution in [2.45, 2.75) is 6.92 Å². The third kappa shape index (κ3) is 3.32. The number of nitrogens with zero attached hydrogens (tertiary/aromatic N) is 5. The summed E-state index contributed by atoms with van der Waals surface area (Å²) in [6, 6.07) is 17.6. The lowest BCUT2D eigenvalue weighted by Gasteiger charge is -2.04. The molecule has 0 saturated carbocycles. The molecule has 0 amide bonds. The maximum absolute atomic E-state index is 11.0. The maximum Gasteiger partial charge on any atom is 0.234 e. The molecular formula is C21H15N5OS2. The van der Waals surface area contributed by atoms with E-state index in [4.69, 9.17) is 0 Å². The second kappa shape index (κ2) is 7.23. The van der Waals surface area contributed by atoms with Gasteiger partial charge in [-0.1, -0.05) is 59.1 Å². The number of aromatic hydroxyl groups is 1. The van der Waals surface area contributed by atoms with Gasteiger partial charge in [0, 0.05) is 17.4 Å². The Morgan fingerprint density at radius 3 is 2.59 bits per heavy atom. The largest absolute Gasteiger partial charge is 0.493 e. The second-order valence-electron chi connectivity index (χ2n) is 6.33. The van der Waals surface area contributed by atoms with E-state index in [-0.39, 0.29) is 5.88 Å². The number of benzene rings is 2. The average Bonchev–Trinajstić information content (AvgIpc) is 3.42. The number of hydrogen-bond donors (Lipinski definition) is 1. The molecule has 0 bridgehead atoms. The van der Waals surface area contributed by atoms with Crippen molar-refractivity contribution in [1.29, 1.82) is 0 Å². The van der Waals surface area contributed by atoms with Crippen LogP contribution in [0.5, 0.6) is 5.88 Å². The van der Waals surface area contributed by atoms with Crippen LogP contribution in [0.3, 0.4) is 0 Å². The lowest BCUT2D eigenvalue weighted by atomic mass is 10.1. The van der Waals surface area contributed by atoms with E-state index in [1.807, 2.05) is 73.8 Å². The molecule has 5 rings (SSSR count). The van der Waals surface area contributed by atoms with Crippen LogP contribution in [0.1, 0.15) is 15.4 Å². The first kappa shape index (κ1) is 17.7. The fourth-order valence-electron chi connectivity index (χ4n) is 3.08. The SMILES string of the molecule is Cc1nnc(/N=c2/sc(/C=C3\C=Nc4ccccc43)c(O)n2-c2ccccc2)s1. The standard InChI is InChI=1S/C21H15N5OS2/c1-13-24-25-20(28-13)23-21-26(15-7-3-2-4-8-15)19(27)18(29-21)11-14-12-22-17-10-6-5-9-16(14)17/h2-12,27H,1H3/b14-11+,23-21+. The third-order valence-electron chi connectivity index (χ3n) is 4.39. The topological polar surface area (TPSA) is 75.7 Å². The normalized spacial score (nSPS) is 14.7. The number of para-hydroxylation sites is 2. The highest BCUT2D eigenvalue weighted by Gasteiger charge is 2.17. The van der Waals surface area contributed by atoms with Gasteiger partial charge >= 0.3 is 0 Å². The van der Waals surface area contributed by atoms with Gasteiger partial charge in [0.25, 0.3) is 0 Å². The van der Waals surface area contributed by atoms with E-state index in [0.29, 0.717) is 14.8 Å². The third-order valence-corrected chi connectivity index (χ3v) is 6.10. The van der Waals surface area contributed by atoms with E-state index in [9.17, 15) is 5.11 Å². The zero-order chi connectivity index (χ0) is 19.8. The Balaban J connectivity index is 1.70. The molecule has 0 radical (unpaired) electrons. The van der Waals surface area contributed by atoms with Gasteiger partial charge in [-0.25, -0.2) is 0 Å². The first-order valence-corrected chi connectivity index (χ1v) is 10.5. The summed E-state index contributed by atoms with van der Waals surface area (Å²) in [5, 5.41) is 20.6. The monoisotopic (exact) mass is 417 g/mol. The molecule has 0 saturated heterocycles. The molecule has 0 atom stereocenters. The quantitative estimate of drug-likeness (QED) is 0.515. The van der Waals surface area contributed by atoms with Gasteiger partial charge in [-0.05, 0) is 31.2 Å². The van der Waals surface area contributed by atoms with Gasteiger partial charge in [0.1, 0.15) is 5.01 Å². The van der Waals surface area contributed by atoms with Crippen LogP contribution in [0, 0.1) is 6.92 Å². The predicted octanol–water partition coefficient (Wildman–Crippen LogP) is 4.89. The van der Waals surface area contributed by atoms with E-state index in [1.54, 1.807) is 4.57 Å². The lowest BCUT2D eigenvalue weighted by molar-refractivity contribution is 0.439. The van der Waals surface area contributed by atoms with Crippen molar-refractivity contribution in [3.63, 3.8) is 0 Å². The average molecular weight is 418 g/mol. The Morgan fingerprint density at radius 2 is 1.79 bits per heavy atom. The minimum Gasteiger partial charge on any atom is -0.493 e. The molecule has 0 spiro atoms. The Morgan fingerprint density at radius 1 is 1.00 bits per heavy atom. The van der Waals surface area contributed by atoms with E-state index in [2.05, 4.69) is 20.2 Å². The summed E-state index contributed by atoms with van der Waals surface area (Å²) in [6.45, 7) is 1.89. The van der Waals surface area contributed by atoms with E-state index in [1.165, 1.54) is 22.7 Å². The summed E-state index contributed by atoms with van der Waals surface area (Å²) in [5.41, 5.74) is 3.76. The summed E-state index contributed by atoms with van der Waals surface area (Å²) >= 11 is 2.81. The first-order chi connectivity index (χ1) is 14.2. The van der Waals surface area contributed by atoms with Crippen molar-refractivity contribution >= 4 is 51.4 Å². The van der Waals surface area contributed by atoms with Crippen LogP contribution in [0.15, 0.2) is 64.6 Å². The van der Waals surface area contributed by atoms with Crippen LogP contribution in [0.2, 0.25) is 0 Å². The zero-order valence-electron chi connectivity index (χ0n) is 15.4. The summed E-state index contributed by atoms with van der Waals surface area (Å²) < 4.78 is 1.73. The summed E-state index contributed by atoms with van der Waals surface area (Å²) in [6.07, 6.45) is 3.76. The van der Waals surface area contributed by atoms with Gasteiger partial charge < -0.3 is 5.11 Å². The van der Waals surface area contributed by atoms with Gasteiger partial charge in [-0.15, -0.1) is 10.2 Å². The highest BCUT2D eigenvalue weighted by molar-refractivity contribution is 7.15. The van der Waals surface area contributed by atoms with E-state index >= 15 is 0 Å². The molecule has 29 heavy (non-hydrogen) atoms. The highest BCUT2D eigenvalue weighted by atomic mass is 32.1. The van der Waals surface area contributed by atoms with Crippen LogP contribution in [-0.2, 0) is 0 Å². The van der Waals surface area contributed by atoms with Gasteiger partial charge in [0.05, 0.1) is 16.3 Å². The van der Waals surface area contributed by atoms with Crippen LogP contribution in [0.25, 0.3) is 17.3 Å². The Kier molecular flexibility index (Phi) is 4.42. The molecule has 1 N–H and O–H groups in total. The number of aryl methyl sites for hydroxylation is 1. The number of thiazole rings is 1. The van der Waals surface area contributed by atoms with Crippen molar-refractivity contribution in [2.75, 3.05) is 0 Å². The Bertz CT molecular complexity index is 1330. The molecule has 1 aliphatic rings. The molecule has 142 valence electrons. The molecule has 6 nitrogen and oxygen atoms in total. The van der Waals surface area contributed by atoms with Crippen molar-refractivity contribution < 1.29 is 5.11 Å². The summed E-state index contributed by atoms with van der Waals surface area (Å²) in [5.74, 6) is 0.131. The number of hydrogen-bond acceptors (Lipinski definition) is 7. The number of fused-ring (bicyclic) bond motifs is 1. The minimum absolute atomic E-state index is 0.131. The fourth-order valence-corrected chi connectivity index (χ4v) is 4.67. The summed E-state index contributed by atoms with van der Waals surface area (Å²) in [4.78, 5) is 10.4. The van der Waals surface area contributed by atoms with Gasteiger partial charge in [0.15, 0.2) is 4.80 Å². The van der Waals surface area contributed by atoms with Crippen molar-refractivity contribution in [3.05, 3.63) is 74.8 Å². The molecular weight excluding hydrogens is 402 g/mol. The molecule has 0 aliphatic carbocycles. The first-order valence-electron chi connectivity index (χ1n) is 8.89. The Hall–Kier alpha value is -3.36. The predicted molar refractivity (Wildman–Crippen MR) is 118 cm³/mol. The van der Waals surface area contributed by atoms with Gasteiger partial charge in [-0.2, -0.15) is 4.99 Å². The Labute approximate surface area is 174 Å². The number of rotatable bonds is 3. The van der Waals surface area contributed by atoms with Gasteiger partial charge in [0.2, 0.25) is 11.0 Å². The van der Waals surface area contributed by atoms with E-state index in [0.717, 1.165) is 27.5 Å². The summed E-state index contributed by atoms with van der Waals surface area (Å²) in [7, 11) is 0. The van der Waals surface area contributed by atoms with Crippen LogP contribution < -0.4 is 4.80 Å². The van der Waals surface area contributed by atoms with E-state index < -0.39 is 0 Å². The maximum atomic E-state index is 11.0. The molecule has 8 heteroatoms. The smallest absolute Gasteiger partial charge is 0.234 e. The molecule has 3 heterocycles. The molecule has 2 aromatic heterocycles. The van der Waals surface area contributed by atoms with Crippen molar-refractivity contribution in [3.8, 4) is 11.6 Å². The number of allylic oxidation sites excluding steroid dienone is 1. The van der Waals surface area contributed by atoms with Crippen LogP contribution >= 0.6 is 22.7 Å². The number of aliphatic imine (C=N–C) groups is 1. The molecule has 0 fully saturated rings. The molecule has 1 aliphatic heterocycles. The molecule has 0 unspecified atom stereocenters. The van der Waals surface area contributed by atoms with Gasteiger partial charge in [-0.3, -0.25) is 9.56 Å².